The van der Waals surface area contributed by atoms with Gasteiger partial charge in [0.25, 0.3) is 0 Å². The summed E-state index contributed by atoms with van der Waals surface area (Å²) < 4.78 is 13.1. The highest BCUT2D eigenvalue weighted by molar-refractivity contribution is 14.0. The summed E-state index contributed by atoms with van der Waals surface area (Å²) in [5.41, 5.74) is 2.34. The molecule has 3 rings (SSSR count). The van der Waals surface area contributed by atoms with Crippen LogP contribution in [0.4, 0.5) is 4.39 Å². The normalized spacial score (nSPS) is 15.9. The summed E-state index contributed by atoms with van der Waals surface area (Å²) in [6.07, 6.45) is 2.93. The number of nitrogens with one attached hydrogen (secondary N) is 2. The smallest absolute Gasteiger partial charge is 0.191 e. The fourth-order valence-electron chi connectivity index (χ4n) is 3.30. The fraction of sp³-hybridized carbons (Fsp3) is 0.450. The van der Waals surface area contributed by atoms with Crippen LogP contribution in [0.5, 0.6) is 0 Å². The second-order valence-electron chi connectivity index (χ2n) is 6.81. The minimum absolute atomic E-state index is 0. The van der Waals surface area contributed by atoms with Crippen LogP contribution < -0.4 is 10.6 Å². The van der Waals surface area contributed by atoms with Crippen molar-refractivity contribution in [2.45, 2.75) is 31.8 Å². The van der Waals surface area contributed by atoms with Gasteiger partial charge in [-0.25, -0.2) is 4.39 Å². The Bertz CT molecular complexity index is 749. The van der Waals surface area contributed by atoms with Gasteiger partial charge in [0.1, 0.15) is 5.82 Å². The third-order valence-electron chi connectivity index (χ3n) is 4.84. The number of halogens is 3. The highest BCUT2D eigenvalue weighted by atomic mass is 127. The number of benzene rings is 1. The van der Waals surface area contributed by atoms with E-state index in [2.05, 4.69) is 37.4 Å². The molecule has 154 valence electrons. The first-order valence-electron chi connectivity index (χ1n) is 9.28. The summed E-state index contributed by atoms with van der Waals surface area (Å²) in [7, 11) is 1.78. The standard InChI is InChI=1S/C20H26ClFN4S.HI/c1-23-20(24-8-4-16-2-3-17(22)12-19(16)21)25-18-5-9-26(10-6-18)13-15-7-11-27-14-15;/h2-3,7,11-12,14,18H,4-6,8-10,13H2,1H3,(H2,23,24,25);1H. The van der Waals surface area contributed by atoms with E-state index in [1.54, 1.807) is 24.5 Å². The number of likely N-dealkylation sites (tertiary alicyclic amines) is 1. The molecule has 1 fully saturated rings. The predicted molar refractivity (Wildman–Crippen MR) is 128 cm³/mol. The van der Waals surface area contributed by atoms with Crippen molar-refractivity contribution in [1.82, 2.24) is 15.5 Å². The van der Waals surface area contributed by atoms with E-state index in [9.17, 15) is 4.39 Å². The second-order valence-corrected chi connectivity index (χ2v) is 8.00. The van der Waals surface area contributed by atoms with Gasteiger partial charge in [-0.05, 0) is 59.3 Å². The molecule has 28 heavy (non-hydrogen) atoms. The Morgan fingerprint density at radius 3 is 2.75 bits per heavy atom. The van der Waals surface area contributed by atoms with Gasteiger partial charge in [-0.1, -0.05) is 17.7 Å². The Balaban J connectivity index is 0.00000280. The maximum Gasteiger partial charge on any atom is 0.191 e. The van der Waals surface area contributed by atoms with E-state index in [1.807, 2.05) is 0 Å². The van der Waals surface area contributed by atoms with Crippen LogP contribution in [-0.4, -0.2) is 43.6 Å². The lowest BCUT2D eigenvalue weighted by Crippen LogP contribution is -2.48. The molecule has 1 aliphatic heterocycles. The summed E-state index contributed by atoms with van der Waals surface area (Å²) in [5, 5.41) is 11.7. The molecular weight excluding hydrogens is 510 g/mol. The fourth-order valence-corrected chi connectivity index (χ4v) is 4.23. The minimum Gasteiger partial charge on any atom is -0.356 e. The van der Waals surface area contributed by atoms with E-state index in [0.29, 0.717) is 17.6 Å². The van der Waals surface area contributed by atoms with Crippen LogP contribution in [0.3, 0.4) is 0 Å². The molecule has 4 nitrogen and oxygen atoms in total. The van der Waals surface area contributed by atoms with Gasteiger partial charge in [-0.2, -0.15) is 11.3 Å². The van der Waals surface area contributed by atoms with Gasteiger partial charge >= 0.3 is 0 Å². The van der Waals surface area contributed by atoms with E-state index in [0.717, 1.165) is 50.4 Å². The molecule has 0 radical (unpaired) electrons. The number of aliphatic imine (C=N–C) groups is 1. The van der Waals surface area contributed by atoms with E-state index >= 15 is 0 Å². The minimum atomic E-state index is -0.306. The summed E-state index contributed by atoms with van der Waals surface area (Å²) >= 11 is 7.84. The van der Waals surface area contributed by atoms with Crippen LogP contribution in [0.1, 0.15) is 24.0 Å². The molecule has 0 spiro atoms. The molecule has 0 saturated carbocycles. The lowest BCUT2D eigenvalue weighted by molar-refractivity contribution is 0.198. The number of hydrogen-bond acceptors (Lipinski definition) is 3. The van der Waals surface area contributed by atoms with Crippen LogP contribution in [-0.2, 0) is 13.0 Å². The Morgan fingerprint density at radius 1 is 1.32 bits per heavy atom. The molecule has 1 saturated heterocycles. The largest absolute Gasteiger partial charge is 0.356 e. The van der Waals surface area contributed by atoms with Gasteiger partial charge in [0.05, 0.1) is 0 Å². The number of guanidine groups is 1. The van der Waals surface area contributed by atoms with Crippen molar-refractivity contribution in [1.29, 1.82) is 0 Å². The van der Waals surface area contributed by atoms with Gasteiger partial charge < -0.3 is 10.6 Å². The summed E-state index contributed by atoms with van der Waals surface area (Å²) in [5.74, 6) is 0.504. The molecule has 0 bridgehead atoms. The highest BCUT2D eigenvalue weighted by Crippen LogP contribution is 2.18. The zero-order valence-electron chi connectivity index (χ0n) is 16.0. The topological polar surface area (TPSA) is 39.7 Å². The van der Waals surface area contributed by atoms with Crippen LogP contribution in [0, 0.1) is 5.82 Å². The predicted octanol–water partition coefficient (Wildman–Crippen LogP) is 4.53. The number of nitrogens with zero attached hydrogens (tertiary/aromatic N) is 2. The molecule has 0 unspecified atom stereocenters. The average Bonchev–Trinajstić information content (AvgIpc) is 3.17. The van der Waals surface area contributed by atoms with Gasteiger partial charge in [0.2, 0.25) is 0 Å². The highest BCUT2D eigenvalue weighted by Gasteiger charge is 2.20. The van der Waals surface area contributed by atoms with Crippen molar-refractivity contribution >= 4 is 52.9 Å². The van der Waals surface area contributed by atoms with E-state index in [-0.39, 0.29) is 29.8 Å². The molecule has 1 aromatic carbocycles. The molecule has 8 heteroatoms. The molecule has 0 amide bonds. The van der Waals surface area contributed by atoms with Crippen molar-refractivity contribution in [3.63, 3.8) is 0 Å². The third-order valence-corrected chi connectivity index (χ3v) is 5.92. The van der Waals surface area contributed by atoms with Gasteiger partial charge in [-0.3, -0.25) is 9.89 Å². The molecule has 0 aliphatic carbocycles. The average molecular weight is 537 g/mol. The molecule has 1 aromatic heterocycles. The Hall–Kier alpha value is -0.900. The van der Waals surface area contributed by atoms with Crippen LogP contribution in [0.25, 0.3) is 0 Å². The Labute approximate surface area is 192 Å². The third kappa shape index (κ3) is 7.17. The van der Waals surface area contributed by atoms with Crippen LogP contribution >= 0.6 is 46.9 Å². The van der Waals surface area contributed by atoms with Crippen molar-refractivity contribution in [2.24, 2.45) is 4.99 Å². The monoisotopic (exact) mass is 536 g/mol. The quantitative estimate of drug-likeness (QED) is 0.324. The SMILES string of the molecule is CN=C(NCCc1ccc(F)cc1Cl)NC1CCN(Cc2ccsc2)CC1.I. The lowest BCUT2D eigenvalue weighted by atomic mass is 10.0. The molecule has 2 N–H and O–H groups in total. The number of thiophene rings is 1. The zero-order chi connectivity index (χ0) is 19.1. The molecule has 2 aromatic rings. The second kappa shape index (κ2) is 11.9. The summed E-state index contributed by atoms with van der Waals surface area (Å²) in [6.45, 7) is 3.93. The summed E-state index contributed by atoms with van der Waals surface area (Å²) in [4.78, 5) is 6.83. The Morgan fingerprint density at radius 2 is 2.11 bits per heavy atom. The number of hydrogen-bond donors (Lipinski definition) is 2. The van der Waals surface area contributed by atoms with Crippen molar-refractivity contribution in [2.75, 3.05) is 26.7 Å². The van der Waals surface area contributed by atoms with Crippen LogP contribution in [0.15, 0.2) is 40.0 Å². The van der Waals surface area contributed by atoms with Crippen molar-refractivity contribution < 1.29 is 4.39 Å². The molecule has 2 heterocycles. The first-order valence-corrected chi connectivity index (χ1v) is 10.6. The summed E-state index contributed by atoms with van der Waals surface area (Å²) in [6, 6.07) is 7.17. The maximum absolute atomic E-state index is 13.1. The van der Waals surface area contributed by atoms with E-state index < -0.39 is 0 Å². The van der Waals surface area contributed by atoms with Crippen LogP contribution in [0.2, 0.25) is 5.02 Å². The first kappa shape index (κ1) is 23.4. The first-order chi connectivity index (χ1) is 13.1. The molecular formula is C20H27ClFIN4S. The van der Waals surface area contributed by atoms with Gasteiger partial charge in [0.15, 0.2) is 5.96 Å². The number of piperidine rings is 1. The zero-order valence-corrected chi connectivity index (χ0v) is 19.9. The molecule has 1 aliphatic rings. The van der Waals surface area contributed by atoms with Gasteiger partial charge in [-0.15, -0.1) is 24.0 Å². The number of rotatable bonds is 6. The molecule has 0 atom stereocenters. The maximum atomic E-state index is 13.1. The van der Waals surface area contributed by atoms with Crippen molar-refractivity contribution in [3.8, 4) is 0 Å². The Kier molecular flexibility index (Phi) is 9.98. The van der Waals surface area contributed by atoms with Gasteiger partial charge in [0, 0.05) is 44.3 Å². The van der Waals surface area contributed by atoms with Crippen molar-refractivity contribution in [3.05, 3.63) is 57.0 Å². The van der Waals surface area contributed by atoms with E-state index in [1.165, 1.54) is 17.7 Å². The lowest BCUT2D eigenvalue weighted by Gasteiger charge is -2.33. The van der Waals surface area contributed by atoms with E-state index in [4.69, 9.17) is 11.6 Å².